The first-order valence-electron chi connectivity index (χ1n) is 6.14. The van der Waals surface area contributed by atoms with Gasteiger partial charge in [0.25, 0.3) is 0 Å². The lowest BCUT2D eigenvalue weighted by Crippen LogP contribution is -2.34. The Bertz CT molecular complexity index is 561. The van der Waals surface area contributed by atoms with E-state index in [1.807, 2.05) is 30.7 Å². The van der Waals surface area contributed by atoms with Crippen LogP contribution in [0, 0.1) is 6.92 Å². The lowest BCUT2D eigenvalue weighted by Gasteiger charge is -2.10. The number of pyridine rings is 1. The van der Waals surface area contributed by atoms with Crippen molar-refractivity contribution in [2.45, 2.75) is 26.3 Å². The molecule has 0 aromatic carbocycles. The van der Waals surface area contributed by atoms with Crippen LogP contribution in [0.4, 0.5) is 5.69 Å². The fourth-order valence-corrected chi connectivity index (χ4v) is 1.64. The molecule has 100 valence electrons. The standard InChI is InChI=1S/C13H17N5O/c1-3-11(14)13(19)17-10-4-5-12(16-8-10)18-7-6-15-9(18)2/h4-8,11H,3,14H2,1-2H3,(H,17,19)/t11-/m1/s1. The highest BCUT2D eigenvalue weighted by Crippen LogP contribution is 2.11. The van der Waals surface area contributed by atoms with Gasteiger partial charge in [-0.25, -0.2) is 9.97 Å². The fourth-order valence-electron chi connectivity index (χ4n) is 1.64. The third-order valence-corrected chi connectivity index (χ3v) is 2.86. The Hall–Kier alpha value is -2.21. The molecule has 2 rings (SSSR count). The number of rotatable bonds is 4. The molecule has 2 heterocycles. The molecule has 0 spiro atoms. The lowest BCUT2D eigenvalue weighted by molar-refractivity contribution is -0.117. The number of hydrogen-bond donors (Lipinski definition) is 2. The van der Waals surface area contributed by atoms with Gasteiger partial charge in [0.05, 0.1) is 17.9 Å². The molecule has 2 aromatic rings. The largest absolute Gasteiger partial charge is 0.323 e. The van der Waals surface area contributed by atoms with Gasteiger partial charge < -0.3 is 11.1 Å². The average Bonchev–Trinajstić information content (AvgIpc) is 2.85. The molecule has 0 bridgehead atoms. The summed E-state index contributed by atoms with van der Waals surface area (Å²) in [6.07, 6.45) is 5.76. The van der Waals surface area contributed by atoms with Gasteiger partial charge >= 0.3 is 0 Å². The van der Waals surface area contributed by atoms with E-state index in [4.69, 9.17) is 5.73 Å². The van der Waals surface area contributed by atoms with Gasteiger partial charge in [-0.1, -0.05) is 6.92 Å². The van der Waals surface area contributed by atoms with Gasteiger partial charge in [-0.15, -0.1) is 0 Å². The number of anilines is 1. The zero-order valence-electron chi connectivity index (χ0n) is 11.0. The van der Waals surface area contributed by atoms with Crippen molar-refractivity contribution in [2.24, 2.45) is 5.73 Å². The molecule has 1 atom stereocenters. The van der Waals surface area contributed by atoms with Crippen molar-refractivity contribution in [2.75, 3.05) is 5.32 Å². The van der Waals surface area contributed by atoms with Gasteiger partial charge in [0.2, 0.25) is 5.91 Å². The Kier molecular flexibility index (Phi) is 3.91. The van der Waals surface area contributed by atoms with Crippen LogP contribution in [0.15, 0.2) is 30.7 Å². The van der Waals surface area contributed by atoms with Crippen LogP contribution in [0.5, 0.6) is 0 Å². The van der Waals surface area contributed by atoms with Gasteiger partial charge in [0.15, 0.2) is 0 Å². The summed E-state index contributed by atoms with van der Waals surface area (Å²) in [6, 6.07) is 3.12. The molecule has 3 N–H and O–H groups in total. The van der Waals surface area contributed by atoms with Crippen molar-refractivity contribution < 1.29 is 4.79 Å². The fraction of sp³-hybridized carbons (Fsp3) is 0.308. The number of nitrogens with one attached hydrogen (secondary N) is 1. The molecule has 0 aliphatic carbocycles. The van der Waals surface area contributed by atoms with Crippen molar-refractivity contribution in [3.8, 4) is 5.82 Å². The summed E-state index contributed by atoms with van der Waals surface area (Å²) in [5, 5.41) is 2.73. The van der Waals surface area contributed by atoms with Gasteiger partial charge in [-0.3, -0.25) is 9.36 Å². The number of nitrogens with two attached hydrogens (primary N) is 1. The lowest BCUT2D eigenvalue weighted by atomic mass is 10.2. The molecule has 0 saturated carbocycles. The predicted molar refractivity (Wildman–Crippen MR) is 73.0 cm³/mol. The minimum atomic E-state index is -0.490. The second-order valence-electron chi connectivity index (χ2n) is 4.25. The van der Waals surface area contributed by atoms with Crippen molar-refractivity contribution in [1.82, 2.24) is 14.5 Å². The summed E-state index contributed by atoms with van der Waals surface area (Å²) in [5.74, 6) is 1.42. The van der Waals surface area contributed by atoms with Gasteiger partial charge in [-0.05, 0) is 25.5 Å². The Morgan fingerprint density at radius 1 is 1.47 bits per heavy atom. The van der Waals surface area contributed by atoms with Crippen LogP contribution in [0.25, 0.3) is 5.82 Å². The maximum absolute atomic E-state index is 11.6. The third-order valence-electron chi connectivity index (χ3n) is 2.86. The molecule has 6 heteroatoms. The summed E-state index contributed by atoms with van der Waals surface area (Å²) < 4.78 is 1.86. The highest BCUT2D eigenvalue weighted by molar-refractivity contribution is 5.94. The summed E-state index contributed by atoms with van der Waals surface area (Å²) in [4.78, 5) is 20.1. The number of carbonyl (C=O) groups is 1. The molecule has 0 saturated heterocycles. The SMILES string of the molecule is CC[C@@H](N)C(=O)Nc1ccc(-n2ccnc2C)nc1. The normalized spacial score (nSPS) is 12.2. The van der Waals surface area contributed by atoms with Crippen LogP contribution in [-0.4, -0.2) is 26.5 Å². The highest BCUT2D eigenvalue weighted by Gasteiger charge is 2.11. The number of aromatic nitrogens is 3. The first-order valence-corrected chi connectivity index (χ1v) is 6.14. The Morgan fingerprint density at radius 2 is 2.26 bits per heavy atom. The Labute approximate surface area is 111 Å². The number of aryl methyl sites for hydroxylation is 1. The van der Waals surface area contributed by atoms with Crippen molar-refractivity contribution in [3.63, 3.8) is 0 Å². The van der Waals surface area contributed by atoms with Crippen LogP contribution in [0.3, 0.4) is 0 Å². The van der Waals surface area contributed by atoms with E-state index in [1.54, 1.807) is 18.5 Å². The first kappa shape index (κ1) is 13.2. The molecule has 19 heavy (non-hydrogen) atoms. The van der Waals surface area contributed by atoms with Crippen molar-refractivity contribution in [1.29, 1.82) is 0 Å². The van der Waals surface area contributed by atoms with Crippen LogP contribution >= 0.6 is 0 Å². The van der Waals surface area contributed by atoms with E-state index in [-0.39, 0.29) is 5.91 Å². The second-order valence-corrected chi connectivity index (χ2v) is 4.25. The van der Waals surface area contributed by atoms with Crippen LogP contribution in [-0.2, 0) is 4.79 Å². The number of amides is 1. The van der Waals surface area contributed by atoms with Crippen molar-refractivity contribution in [3.05, 3.63) is 36.5 Å². The molecule has 6 nitrogen and oxygen atoms in total. The number of carbonyl (C=O) groups excluding carboxylic acids is 1. The molecular formula is C13H17N5O. The van der Waals surface area contributed by atoms with E-state index in [2.05, 4.69) is 15.3 Å². The quantitative estimate of drug-likeness (QED) is 0.865. The molecule has 0 aliphatic rings. The van der Waals surface area contributed by atoms with E-state index in [1.165, 1.54) is 0 Å². The topological polar surface area (TPSA) is 85.8 Å². The van der Waals surface area contributed by atoms with E-state index in [0.29, 0.717) is 12.1 Å². The molecule has 0 fully saturated rings. The number of imidazole rings is 1. The molecule has 1 amide bonds. The van der Waals surface area contributed by atoms with Gasteiger partial charge in [-0.2, -0.15) is 0 Å². The maximum atomic E-state index is 11.6. The summed E-state index contributed by atoms with van der Waals surface area (Å²) in [5.41, 5.74) is 6.28. The smallest absolute Gasteiger partial charge is 0.241 e. The summed E-state index contributed by atoms with van der Waals surface area (Å²) in [7, 11) is 0. The minimum Gasteiger partial charge on any atom is -0.323 e. The minimum absolute atomic E-state index is 0.198. The number of nitrogens with zero attached hydrogens (tertiary/aromatic N) is 3. The summed E-state index contributed by atoms with van der Waals surface area (Å²) in [6.45, 7) is 3.77. The first-order chi connectivity index (χ1) is 9.11. The van der Waals surface area contributed by atoms with E-state index in [9.17, 15) is 4.79 Å². The van der Waals surface area contributed by atoms with E-state index < -0.39 is 6.04 Å². The molecule has 2 aromatic heterocycles. The Balaban J connectivity index is 2.11. The monoisotopic (exact) mass is 259 g/mol. The molecule has 0 radical (unpaired) electrons. The molecule has 0 aliphatic heterocycles. The van der Waals surface area contributed by atoms with Crippen LogP contribution in [0.2, 0.25) is 0 Å². The number of hydrogen-bond acceptors (Lipinski definition) is 4. The van der Waals surface area contributed by atoms with Crippen molar-refractivity contribution >= 4 is 11.6 Å². The second kappa shape index (κ2) is 5.62. The van der Waals surface area contributed by atoms with E-state index in [0.717, 1.165) is 11.6 Å². The zero-order valence-corrected chi connectivity index (χ0v) is 11.0. The molecule has 0 unspecified atom stereocenters. The summed E-state index contributed by atoms with van der Waals surface area (Å²) >= 11 is 0. The van der Waals surface area contributed by atoms with E-state index >= 15 is 0 Å². The Morgan fingerprint density at radius 3 is 2.79 bits per heavy atom. The molecular weight excluding hydrogens is 242 g/mol. The van der Waals surface area contributed by atoms with Crippen LogP contribution in [0.1, 0.15) is 19.2 Å². The maximum Gasteiger partial charge on any atom is 0.241 e. The third kappa shape index (κ3) is 2.97. The average molecular weight is 259 g/mol. The van der Waals surface area contributed by atoms with Gasteiger partial charge in [0.1, 0.15) is 11.6 Å². The highest BCUT2D eigenvalue weighted by atomic mass is 16.2. The van der Waals surface area contributed by atoms with Crippen LogP contribution < -0.4 is 11.1 Å². The zero-order chi connectivity index (χ0) is 13.8. The predicted octanol–water partition coefficient (Wildman–Crippen LogP) is 1.25. The van der Waals surface area contributed by atoms with Gasteiger partial charge in [0, 0.05) is 12.4 Å².